The van der Waals surface area contributed by atoms with E-state index >= 15 is 0 Å². The van der Waals surface area contributed by atoms with E-state index in [0.717, 1.165) is 33.1 Å². The predicted octanol–water partition coefficient (Wildman–Crippen LogP) is 13.2. The first-order valence-corrected chi connectivity index (χ1v) is 16.2. The molecule has 0 aliphatic heterocycles. The third-order valence-corrected chi connectivity index (χ3v) is 9.85. The van der Waals surface area contributed by atoms with Crippen LogP contribution in [-0.4, -0.2) is 0 Å². The molecule has 47 heavy (non-hydrogen) atoms. The fourth-order valence-electron chi connectivity index (χ4n) is 7.75. The zero-order valence-electron chi connectivity index (χ0n) is 25.6. The normalized spacial score (nSPS) is 11.8. The minimum atomic E-state index is 0.902. The molecule has 1 heterocycles. The third-order valence-electron chi connectivity index (χ3n) is 9.85. The molecule has 9 aromatic carbocycles. The maximum Gasteiger partial charge on any atom is 0.136 e. The van der Waals surface area contributed by atoms with Gasteiger partial charge < -0.3 is 4.42 Å². The van der Waals surface area contributed by atoms with Crippen LogP contribution < -0.4 is 0 Å². The van der Waals surface area contributed by atoms with Gasteiger partial charge in [0.2, 0.25) is 0 Å². The number of hydrogen-bond acceptors (Lipinski definition) is 1. The molecule has 0 aliphatic rings. The SMILES string of the molecule is c1ccc2c(-c3ccc4c(c3)oc3cc(-c5c6ccccc6c(-c6cccc7ccccc67)c6ccccc56)ccc34)cccc2c1. The number of fused-ring (bicyclic) bond motifs is 7. The van der Waals surface area contributed by atoms with Crippen LogP contribution in [0.2, 0.25) is 0 Å². The van der Waals surface area contributed by atoms with E-state index in [0.29, 0.717) is 0 Å². The summed E-state index contributed by atoms with van der Waals surface area (Å²) in [6, 6.07) is 61.5. The molecule has 0 spiro atoms. The highest BCUT2D eigenvalue weighted by atomic mass is 16.3. The molecule has 0 unspecified atom stereocenters. The Bertz CT molecular complexity index is 2780. The Morgan fingerprint density at radius 1 is 0.277 bits per heavy atom. The quantitative estimate of drug-likeness (QED) is 0.185. The molecule has 218 valence electrons. The molecule has 0 N–H and O–H groups in total. The summed E-state index contributed by atoms with van der Waals surface area (Å²) in [4.78, 5) is 0. The van der Waals surface area contributed by atoms with Crippen molar-refractivity contribution in [3.05, 3.63) is 170 Å². The Morgan fingerprint density at radius 3 is 1.30 bits per heavy atom. The van der Waals surface area contributed by atoms with Crippen LogP contribution in [0.25, 0.3) is 98.4 Å². The van der Waals surface area contributed by atoms with Gasteiger partial charge in [-0.3, -0.25) is 0 Å². The fourth-order valence-corrected chi connectivity index (χ4v) is 7.75. The van der Waals surface area contributed by atoms with Crippen molar-refractivity contribution in [2.24, 2.45) is 0 Å². The first-order valence-electron chi connectivity index (χ1n) is 16.2. The summed E-state index contributed by atoms with van der Waals surface area (Å²) in [5, 5.41) is 12.3. The van der Waals surface area contributed by atoms with Gasteiger partial charge in [0, 0.05) is 10.8 Å². The zero-order valence-corrected chi connectivity index (χ0v) is 25.6. The molecule has 0 radical (unpaired) electrons. The lowest BCUT2D eigenvalue weighted by Gasteiger charge is -2.18. The van der Waals surface area contributed by atoms with Gasteiger partial charge in [-0.2, -0.15) is 0 Å². The van der Waals surface area contributed by atoms with Gasteiger partial charge in [-0.15, -0.1) is 0 Å². The Hall–Kier alpha value is -6.18. The molecule has 0 fully saturated rings. The minimum Gasteiger partial charge on any atom is -0.456 e. The first-order chi connectivity index (χ1) is 23.3. The van der Waals surface area contributed by atoms with Crippen molar-refractivity contribution >= 4 is 65.0 Å². The lowest BCUT2D eigenvalue weighted by atomic mass is 9.84. The molecule has 0 bridgehead atoms. The topological polar surface area (TPSA) is 13.1 Å². The highest BCUT2D eigenvalue weighted by Gasteiger charge is 2.19. The summed E-state index contributed by atoms with van der Waals surface area (Å²) in [6.45, 7) is 0. The first kappa shape index (κ1) is 26.1. The summed E-state index contributed by atoms with van der Waals surface area (Å²) in [6.07, 6.45) is 0. The molecule has 10 aromatic rings. The molecular weight excluding hydrogens is 569 g/mol. The van der Waals surface area contributed by atoms with Gasteiger partial charge in [0.1, 0.15) is 11.2 Å². The van der Waals surface area contributed by atoms with Crippen LogP contribution in [0.5, 0.6) is 0 Å². The summed E-state index contributed by atoms with van der Waals surface area (Å²) < 4.78 is 6.65. The molecule has 0 saturated heterocycles. The number of furan rings is 1. The van der Waals surface area contributed by atoms with E-state index in [1.165, 1.54) is 65.3 Å². The molecular formula is C46H28O. The molecule has 0 aliphatic carbocycles. The lowest BCUT2D eigenvalue weighted by molar-refractivity contribution is 0.669. The smallest absolute Gasteiger partial charge is 0.136 e. The lowest BCUT2D eigenvalue weighted by Crippen LogP contribution is -1.91. The fraction of sp³-hybridized carbons (Fsp3) is 0. The largest absolute Gasteiger partial charge is 0.456 e. The van der Waals surface area contributed by atoms with E-state index in [9.17, 15) is 0 Å². The Labute approximate surface area is 271 Å². The van der Waals surface area contributed by atoms with Crippen molar-refractivity contribution in [1.29, 1.82) is 0 Å². The third kappa shape index (κ3) is 3.97. The number of benzene rings is 9. The monoisotopic (exact) mass is 596 g/mol. The maximum absolute atomic E-state index is 6.65. The second-order valence-corrected chi connectivity index (χ2v) is 12.4. The van der Waals surface area contributed by atoms with Crippen molar-refractivity contribution < 1.29 is 4.42 Å². The molecule has 1 nitrogen and oxygen atoms in total. The van der Waals surface area contributed by atoms with Crippen molar-refractivity contribution in [1.82, 2.24) is 0 Å². The van der Waals surface area contributed by atoms with E-state index in [4.69, 9.17) is 4.42 Å². The van der Waals surface area contributed by atoms with E-state index < -0.39 is 0 Å². The minimum absolute atomic E-state index is 0.902. The summed E-state index contributed by atoms with van der Waals surface area (Å²) in [7, 11) is 0. The number of hydrogen-bond donors (Lipinski definition) is 0. The van der Waals surface area contributed by atoms with Crippen LogP contribution in [0.1, 0.15) is 0 Å². The standard InChI is InChI=1S/C46H28O/c1-3-15-33-29(11-1)13-9-21-35(33)31-23-25-36-37-26-24-32(28-44(37)47-43(36)27-31)45-39-17-5-7-19-41(39)46(42-20-8-6-18-40(42)45)38-22-10-14-30-12-2-4-16-34(30)38/h1-28H. The molecule has 1 aromatic heterocycles. The summed E-state index contributed by atoms with van der Waals surface area (Å²) >= 11 is 0. The van der Waals surface area contributed by atoms with Crippen LogP contribution in [0, 0.1) is 0 Å². The van der Waals surface area contributed by atoms with Crippen LogP contribution in [0.4, 0.5) is 0 Å². The van der Waals surface area contributed by atoms with Crippen molar-refractivity contribution in [3.8, 4) is 33.4 Å². The number of rotatable bonds is 3. The van der Waals surface area contributed by atoms with Crippen molar-refractivity contribution in [3.63, 3.8) is 0 Å². The van der Waals surface area contributed by atoms with Gasteiger partial charge in [0.25, 0.3) is 0 Å². The van der Waals surface area contributed by atoms with Crippen molar-refractivity contribution in [2.75, 3.05) is 0 Å². The van der Waals surface area contributed by atoms with E-state index in [1.54, 1.807) is 0 Å². The maximum atomic E-state index is 6.65. The van der Waals surface area contributed by atoms with E-state index in [2.05, 4.69) is 170 Å². The average molecular weight is 597 g/mol. The highest BCUT2D eigenvalue weighted by Crippen LogP contribution is 2.46. The second-order valence-electron chi connectivity index (χ2n) is 12.4. The highest BCUT2D eigenvalue weighted by molar-refractivity contribution is 6.24. The predicted molar refractivity (Wildman–Crippen MR) is 200 cm³/mol. The van der Waals surface area contributed by atoms with E-state index in [-0.39, 0.29) is 0 Å². The second kappa shape index (κ2) is 10.2. The Balaban J connectivity index is 1.20. The Morgan fingerprint density at radius 2 is 0.702 bits per heavy atom. The van der Waals surface area contributed by atoms with Gasteiger partial charge in [-0.1, -0.05) is 146 Å². The Kier molecular flexibility index (Phi) is 5.64. The van der Waals surface area contributed by atoms with Gasteiger partial charge in [0.15, 0.2) is 0 Å². The molecule has 10 rings (SSSR count). The molecule has 1 heteroatoms. The van der Waals surface area contributed by atoms with Crippen LogP contribution in [0.3, 0.4) is 0 Å². The van der Waals surface area contributed by atoms with Gasteiger partial charge in [-0.25, -0.2) is 0 Å². The zero-order chi connectivity index (χ0) is 30.9. The van der Waals surface area contributed by atoms with Crippen LogP contribution >= 0.6 is 0 Å². The summed E-state index contributed by atoms with van der Waals surface area (Å²) in [5.41, 5.74) is 9.12. The molecule has 0 atom stereocenters. The average Bonchev–Trinajstić information content (AvgIpc) is 3.50. The van der Waals surface area contributed by atoms with Crippen molar-refractivity contribution in [2.45, 2.75) is 0 Å². The van der Waals surface area contributed by atoms with Gasteiger partial charge >= 0.3 is 0 Å². The van der Waals surface area contributed by atoms with Gasteiger partial charge in [-0.05, 0) is 101 Å². The summed E-state index contributed by atoms with van der Waals surface area (Å²) in [5.74, 6) is 0. The van der Waals surface area contributed by atoms with Gasteiger partial charge in [0.05, 0.1) is 0 Å². The molecule has 0 amide bonds. The van der Waals surface area contributed by atoms with E-state index in [1.807, 2.05) is 0 Å². The van der Waals surface area contributed by atoms with Crippen LogP contribution in [-0.2, 0) is 0 Å². The van der Waals surface area contributed by atoms with Crippen LogP contribution in [0.15, 0.2) is 174 Å². The molecule has 0 saturated carbocycles.